The molecule has 3 aromatic heterocycles. The third-order valence-corrected chi connectivity index (χ3v) is 5.36. The average Bonchev–Trinajstić information content (AvgIpc) is 3.25. The lowest BCUT2D eigenvalue weighted by Gasteiger charge is -2.28. The maximum Gasteiger partial charge on any atom is 0.296 e. The average molecular weight is 452 g/mol. The number of nitrogens with zero attached hydrogens (tertiary/aromatic N) is 8. The van der Waals surface area contributed by atoms with E-state index in [1.54, 1.807) is 36.7 Å². The predicted molar refractivity (Wildman–Crippen MR) is 119 cm³/mol. The Labute approximate surface area is 188 Å². The summed E-state index contributed by atoms with van der Waals surface area (Å²) in [6.45, 7) is 2.77. The number of aromatic nitrogens is 6. The first-order chi connectivity index (χ1) is 16.1. The van der Waals surface area contributed by atoms with Crippen LogP contribution >= 0.6 is 0 Å². The van der Waals surface area contributed by atoms with Crippen molar-refractivity contribution in [3.8, 4) is 5.95 Å². The second-order valence-electron chi connectivity index (χ2n) is 7.65. The third-order valence-electron chi connectivity index (χ3n) is 5.36. The fourth-order valence-corrected chi connectivity index (χ4v) is 3.76. The summed E-state index contributed by atoms with van der Waals surface area (Å²) in [7, 11) is 1.84. The van der Waals surface area contributed by atoms with Crippen molar-refractivity contribution in [2.24, 2.45) is 0 Å². The smallest absolute Gasteiger partial charge is 0.296 e. The van der Waals surface area contributed by atoms with Crippen LogP contribution in [0.4, 0.5) is 20.7 Å². The van der Waals surface area contributed by atoms with Crippen LogP contribution < -0.4 is 9.80 Å². The summed E-state index contributed by atoms with van der Waals surface area (Å²) in [6.07, 6.45) is 0.675. The Balaban J connectivity index is 1.63. The minimum Gasteiger partial charge on any atom is -0.378 e. The third kappa shape index (κ3) is 4.31. The Kier molecular flexibility index (Phi) is 5.78. The van der Waals surface area contributed by atoms with E-state index in [1.165, 1.54) is 4.57 Å². The number of pyridine rings is 1. The van der Waals surface area contributed by atoms with Crippen LogP contribution in [0.5, 0.6) is 0 Å². The number of benzene rings is 1. The van der Waals surface area contributed by atoms with Crippen LogP contribution in [0.1, 0.15) is 17.8 Å². The maximum absolute atomic E-state index is 14.0. The number of rotatable bonds is 6. The number of alkyl halides is 2. The lowest BCUT2D eigenvalue weighted by Crippen LogP contribution is -2.38. The van der Waals surface area contributed by atoms with Crippen LogP contribution in [0, 0.1) is 0 Å². The van der Waals surface area contributed by atoms with Crippen molar-refractivity contribution >= 4 is 22.9 Å². The van der Waals surface area contributed by atoms with Crippen LogP contribution in [0.25, 0.3) is 17.0 Å². The van der Waals surface area contributed by atoms with Gasteiger partial charge in [-0.2, -0.15) is 15.0 Å². The molecule has 0 spiro atoms. The molecule has 4 heterocycles. The van der Waals surface area contributed by atoms with Crippen molar-refractivity contribution in [3.05, 3.63) is 60.2 Å². The molecule has 0 aliphatic carbocycles. The molecule has 170 valence electrons. The van der Waals surface area contributed by atoms with Crippen LogP contribution in [-0.2, 0) is 11.3 Å². The van der Waals surface area contributed by atoms with Gasteiger partial charge in [-0.05, 0) is 23.8 Å². The fraction of sp³-hybridized carbons (Fsp3) is 0.318. The van der Waals surface area contributed by atoms with Gasteiger partial charge in [-0.3, -0.25) is 9.55 Å². The quantitative estimate of drug-likeness (QED) is 0.441. The molecule has 11 heteroatoms. The molecule has 0 N–H and O–H groups in total. The van der Waals surface area contributed by atoms with Gasteiger partial charge >= 0.3 is 0 Å². The van der Waals surface area contributed by atoms with E-state index in [2.05, 4.69) is 24.9 Å². The minimum atomic E-state index is -2.79. The Morgan fingerprint density at radius 2 is 1.79 bits per heavy atom. The van der Waals surface area contributed by atoms with Gasteiger partial charge in [-0.25, -0.2) is 13.8 Å². The molecule has 4 aromatic rings. The van der Waals surface area contributed by atoms with Gasteiger partial charge in [0, 0.05) is 39.1 Å². The fourth-order valence-electron chi connectivity index (χ4n) is 3.76. The molecule has 0 unspecified atom stereocenters. The standard InChI is InChI=1S/C22H22F2N8O/c1-30(14-15-5-4-8-25-13-15)20-27-21(31-9-11-33-12-10-31)29-22(28-20)32-17-7-3-2-6-16(17)26-19(32)18(23)24/h2-8,13,18H,9-12,14H2,1H3. The van der Waals surface area contributed by atoms with Crippen LogP contribution in [-0.4, -0.2) is 62.8 Å². The number of para-hydroxylation sites is 2. The van der Waals surface area contributed by atoms with E-state index in [9.17, 15) is 8.78 Å². The number of hydrogen-bond acceptors (Lipinski definition) is 8. The van der Waals surface area contributed by atoms with Gasteiger partial charge in [0.15, 0.2) is 5.82 Å². The number of imidazole rings is 1. The molecule has 0 bridgehead atoms. The summed E-state index contributed by atoms with van der Waals surface area (Å²) in [5.74, 6) is 0.470. The summed E-state index contributed by atoms with van der Waals surface area (Å²) in [6, 6.07) is 10.8. The number of hydrogen-bond donors (Lipinski definition) is 0. The van der Waals surface area contributed by atoms with Gasteiger partial charge in [0.2, 0.25) is 17.8 Å². The molecular weight excluding hydrogens is 430 g/mol. The molecule has 1 aromatic carbocycles. The van der Waals surface area contributed by atoms with Gasteiger partial charge in [0.05, 0.1) is 24.2 Å². The van der Waals surface area contributed by atoms with E-state index < -0.39 is 12.2 Å². The Morgan fingerprint density at radius 1 is 1.00 bits per heavy atom. The molecular formula is C22H22F2N8O. The van der Waals surface area contributed by atoms with Crippen molar-refractivity contribution in [1.82, 2.24) is 29.5 Å². The molecule has 0 amide bonds. The largest absolute Gasteiger partial charge is 0.378 e. The summed E-state index contributed by atoms with van der Waals surface area (Å²) >= 11 is 0. The van der Waals surface area contributed by atoms with Crippen LogP contribution in [0.3, 0.4) is 0 Å². The minimum absolute atomic E-state index is 0.100. The van der Waals surface area contributed by atoms with Crippen molar-refractivity contribution in [2.75, 3.05) is 43.2 Å². The van der Waals surface area contributed by atoms with Crippen molar-refractivity contribution in [2.45, 2.75) is 13.0 Å². The molecule has 0 atom stereocenters. The molecule has 0 saturated carbocycles. The van der Waals surface area contributed by atoms with Gasteiger partial charge in [0.25, 0.3) is 6.43 Å². The van der Waals surface area contributed by atoms with E-state index in [0.29, 0.717) is 55.8 Å². The molecule has 9 nitrogen and oxygen atoms in total. The molecule has 1 fully saturated rings. The summed E-state index contributed by atoms with van der Waals surface area (Å²) in [5, 5.41) is 0. The van der Waals surface area contributed by atoms with E-state index in [4.69, 9.17) is 4.74 Å². The van der Waals surface area contributed by atoms with Crippen LogP contribution in [0.2, 0.25) is 0 Å². The van der Waals surface area contributed by atoms with E-state index in [1.807, 2.05) is 29.0 Å². The molecule has 1 aliphatic heterocycles. The normalized spacial score (nSPS) is 14.2. The Morgan fingerprint density at radius 3 is 2.55 bits per heavy atom. The van der Waals surface area contributed by atoms with Crippen molar-refractivity contribution in [3.63, 3.8) is 0 Å². The second kappa shape index (κ2) is 9.02. The number of fused-ring (bicyclic) bond motifs is 1. The second-order valence-corrected chi connectivity index (χ2v) is 7.65. The molecule has 33 heavy (non-hydrogen) atoms. The van der Waals surface area contributed by atoms with Gasteiger partial charge < -0.3 is 14.5 Å². The Bertz CT molecular complexity index is 1240. The van der Waals surface area contributed by atoms with Crippen molar-refractivity contribution < 1.29 is 13.5 Å². The van der Waals surface area contributed by atoms with Gasteiger partial charge in [0.1, 0.15) is 0 Å². The molecule has 1 aliphatic rings. The highest BCUT2D eigenvalue weighted by atomic mass is 19.3. The summed E-state index contributed by atoms with van der Waals surface area (Å²) < 4.78 is 34.7. The first-order valence-electron chi connectivity index (χ1n) is 10.5. The predicted octanol–water partition coefficient (Wildman–Crippen LogP) is 3.02. The molecule has 1 saturated heterocycles. The summed E-state index contributed by atoms with van der Waals surface area (Å²) in [4.78, 5) is 25.9. The Hall–Kier alpha value is -3.73. The lowest BCUT2D eigenvalue weighted by molar-refractivity contribution is 0.122. The number of morpholine rings is 1. The lowest BCUT2D eigenvalue weighted by atomic mass is 10.3. The first kappa shape index (κ1) is 21.1. The highest BCUT2D eigenvalue weighted by Gasteiger charge is 2.25. The molecule has 5 rings (SSSR count). The van der Waals surface area contributed by atoms with Crippen molar-refractivity contribution in [1.29, 1.82) is 0 Å². The van der Waals surface area contributed by atoms with E-state index in [0.717, 1.165) is 5.56 Å². The number of ether oxygens (including phenoxy) is 1. The van der Waals surface area contributed by atoms with E-state index in [-0.39, 0.29) is 5.95 Å². The van der Waals surface area contributed by atoms with Gasteiger partial charge in [-0.1, -0.05) is 18.2 Å². The van der Waals surface area contributed by atoms with E-state index >= 15 is 0 Å². The SMILES string of the molecule is CN(Cc1cccnc1)c1nc(N2CCOCC2)nc(-n2c(C(F)F)nc3ccccc32)n1. The topological polar surface area (TPSA) is 85.1 Å². The highest BCUT2D eigenvalue weighted by molar-refractivity contribution is 5.77. The monoisotopic (exact) mass is 452 g/mol. The first-order valence-corrected chi connectivity index (χ1v) is 10.5. The zero-order valence-corrected chi connectivity index (χ0v) is 18.0. The van der Waals surface area contributed by atoms with Gasteiger partial charge in [-0.15, -0.1) is 0 Å². The summed E-state index contributed by atoms with van der Waals surface area (Å²) in [5.41, 5.74) is 1.93. The zero-order valence-electron chi connectivity index (χ0n) is 18.0. The number of halogens is 2. The van der Waals surface area contributed by atoms with Crippen LogP contribution in [0.15, 0.2) is 48.8 Å². The highest BCUT2D eigenvalue weighted by Crippen LogP contribution is 2.28. The molecule has 0 radical (unpaired) electrons. The maximum atomic E-state index is 14.0. The number of anilines is 2. The zero-order chi connectivity index (χ0) is 22.8.